The second-order valence-electron chi connectivity index (χ2n) is 5.36. The second-order valence-corrected chi connectivity index (χ2v) is 5.77. The first-order valence-electron chi connectivity index (χ1n) is 7.65. The van der Waals surface area contributed by atoms with E-state index in [9.17, 15) is 0 Å². The van der Waals surface area contributed by atoms with Gasteiger partial charge in [-0.2, -0.15) is 10.1 Å². The second kappa shape index (κ2) is 6.83. The van der Waals surface area contributed by atoms with E-state index in [-0.39, 0.29) is 5.95 Å². The third-order valence-electron chi connectivity index (χ3n) is 3.54. The molecule has 0 unspecified atom stereocenters. The lowest BCUT2D eigenvalue weighted by Gasteiger charge is -2.05. The predicted octanol–water partition coefficient (Wildman–Crippen LogP) is 3.32. The smallest absolute Gasteiger partial charge is 0.222 e. The van der Waals surface area contributed by atoms with Crippen molar-refractivity contribution >= 4 is 34.4 Å². The van der Waals surface area contributed by atoms with Crippen molar-refractivity contribution in [2.75, 3.05) is 17.6 Å². The number of halogens is 1. The summed E-state index contributed by atoms with van der Waals surface area (Å²) >= 11 is 6.21. The highest BCUT2D eigenvalue weighted by atomic mass is 35.5. The maximum absolute atomic E-state index is 6.21. The van der Waals surface area contributed by atoms with Crippen molar-refractivity contribution in [3.8, 4) is 0 Å². The summed E-state index contributed by atoms with van der Waals surface area (Å²) < 4.78 is 1.81. The Labute approximate surface area is 139 Å². The molecule has 2 heterocycles. The van der Waals surface area contributed by atoms with Gasteiger partial charge in [0.2, 0.25) is 5.95 Å². The fourth-order valence-corrected chi connectivity index (χ4v) is 2.56. The number of benzene rings is 1. The summed E-state index contributed by atoms with van der Waals surface area (Å²) in [5.41, 5.74) is 8.25. The Bertz CT molecular complexity index is 813. The molecule has 6 nitrogen and oxygen atoms in total. The van der Waals surface area contributed by atoms with Crippen molar-refractivity contribution in [2.45, 2.75) is 26.3 Å². The quantitative estimate of drug-likeness (QED) is 0.677. The van der Waals surface area contributed by atoms with E-state index in [1.54, 1.807) is 0 Å². The number of aromatic nitrogens is 4. The molecule has 0 saturated heterocycles. The number of nitrogen functional groups attached to an aromatic ring is 1. The number of nitrogens with two attached hydrogens (primary N) is 1. The summed E-state index contributed by atoms with van der Waals surface area (Å²) in [7, 11) is 0. The van der Waals surface area contributed by atoms with Crippen LogP contribution in [0.5, 0.6) is 0 Å². The normalized spacial score (nSPS) is 11.0. The number of rotatable bonds is 6. The molecular formula is C16H19ClN6. The Morgan fingerprint density at radius 3 is 2.87 bits per heavy atom. The predicted molar refractivity (Wildman–Crippen MR) is 93.7 cm³/mol. The van der Waals surface area contributed by atoms with Crippen LogP contribution in [0.1, 0.15) is 25.3 Å². The fraction of sp³-hybridized carbons (Fsp3) is 0.312. The Hall–Kier alpha value is -2.34. The van der Waals surface area contributed by atoms with E-state index in [1.807, 2.05) is 35.1 Å². The SMILES string of the molecule is CCCCNc1nc(N)nc2cn(Cc3ccccc3Cl)nc12. The molecule has 7 heteroatoms. The van der Waals surface area contributed by atoms with Gasteiger partial charge in [0.15, 0.2) is 11.3 Å². The maximum Gasteiger partial charge on any atom is 0.222 e. The van der Waals surface area contributed by atoms with E-state index in [4.69, 9.17) is 17.3 Å². The van der Waals surface area contributed by atoms with E-state index in [1.165, 1.54) is 0 Å². The molecule has 0 saturated carbocycles. The highest BCUT2D eigenvalue weighted by molar-refractivity contribution is 6.31. The molecule has 3 rings (SSSR count). The molecule has 0 spiro atoms. The van der Waals surface area contributed by atoms with Crippen LogP contribution in [-0.2, 0) is 6.54 Å². The minimum absolute atomic E-state index is 0.244. The summed E-state index contributed by atoms with van der Waals surface area (Å²) in [6.07, 6.45) is 4.03. The lowest BCUT2D eigenvalue weighted by atomic mass is 10.2. The average molecular weight is 331 g/mol. The van der Waals surface area contributed by atoms with Crippen LogP contribution in [-0.4, -0.2) is 26.3 Å². The molecule has 2 aromatic heterocycles. The van der Waals surface area contributed by atoms with Crippen molar-refractivity contribution in [2.24, 2.45) is 0 Å². The van der Waals surface area contributed by atoms with Gasteiger partial charge in [0, 0.05) is 11.6 Å². The van der Waals surface area contributed by atoms with Crippen LogP contribution in [0.4, 0.5) is 11.8 Å². The van der Waals surface area contributed by atoms with Crippen molar-refractivity contribution in [1.82, 2.24) is 19.7 Å². The summed E-state index contributed by atoms with van der Waals surface area (Å²) in [4.78, 5) is 8.52. The molecule has 0 radical (unpaired) electrons. The van der Waals surface area contributed by atoms with Crippen LogP contribution in [0.25, 0.3) is 11.0 Å². The largest absolute Gasteiger partial charge is 0.368 e. The zero-order chi connectivity index (χ0) is 16.2. The molecule has 0 amide bonds. The van der Waals surface area contributed by atoms with Crippen molar-refractivity contribution in [3.05, 3.63) is 41.0 Å². The van der Waals surface area contributed by atoms with Gasteiger partial charge < -0.3 is 11.1 Å². The van der Waals surface area contributed by atoms with Gasteiger partial charge in [-0.15, -0.1) is 0 Å². The van der Waals surface area contributed by atoms with Crippen LogP contribution < -0.4 is 11.1 Å². The summed E-state index contributed by atoms with van der Waals surface area (Å²) in [5.74, 6) is 0.924. The summed E-state index contributed by atoms with van der Waals surface area (Å²) in [6.45, 7) is 3.55. The van der Waals surface area contributed by atoms with Crippen molar-refractivity contribution in [1.29, 1.82) is 0 Å². The van der Waals surface area contributed by atoms with E-state index in [0.717, 1.165) is 41.0 Å². The average Bonchev–Trinajstić information content (AvgIpc) is 2.92. The number of unbranched alkanes of at least 4 members (excludes halogenated alkanes) is 1. The van der Waals surface area contributed by atoms with Gasteiger partial charge in [0.25, 0.3) is 0 Å². The lowest BCUT2D eigenvalue weighted by molar-refractivity contribution is 0.695. The molecule has 0 aliphatic carbocycles. The molecule has 1 aromatic carbocycles. The first-order chi connectivity index (χ1) is 11.2. The molecule has 0 aliphatic heterocycles. The Morgan fingerprint density at radius 2 is 2.09 bits per heavy atom. The van der Waals surface area contributed by atoms with E-state index < -0.39 is 0 Å². The highest BCUT2D eigenvalue weighted by Gasteiger charge is 2.11. The van der Waals surface area contributed by atoms with Gasteiger partial charge in [-0.05, 0) is 18.1 Å². The number of hydrogen-bond acceptors (Lipinski definition) is 5. The van der Waals surface area contributed by atoms with Gasteiger partial charge in [0.05, 0.1) is 12.7 Å². The van der Waals surface area contributed by atoms with Crippen molar-refractivity contribution in [3.63, 3.8) is 0 Å². The number of anilines is 2. The van der Waals surface area contributed by atoms with Gasteiger partial charge in [-0.1, -0.05) is 43.1 Å². The van der Waals surface area contributed by atoms with Gasteiger partial charge in [-0.25, -0.2) is 4.98 Å². The van der Waals surface area contributed by atoms with E-state index in [2.05, 4.69) is 27.3 Å². The van der Waals surface area contributed by atoms with Crippen LogP contribution in [0.15, 0.2) is 30.5 Å². The molecule has 120 valence electrons. The number of fused-ring (bicyclic) bond motifs is 1. The standard InChI is InChI=1S/C16H19ClN6/c1-2-3-8-19-15-14-13(20-16(18)21-15)10-23(22-14)9-11-6-4-5-7-12(11)17/h4-7,10H,2-3,8-9H2,1H3,(H3,18,19,20,21). The molecule has 0 aliphatic rings. The molecule has 0 fully saturated rings. The molecule has 0 bridgehead atoms. The van der Waals surface area contributed by atoms with E-state index in [0.29, 0.717) is 12.4 Å². The van der Waals surface area contributed by atoms with Crippen LogP contribution in [0.2, 0.25) is 5.02 Å². The number of hydrogen-bond donors (Lipinski definition) is 2. The van der Waals surface area contributed by atoms with Crippen LogP contribution in [0.3, 0.4) is 0 Å². The zero-order valence-electron chi connectivity index (χ0n) is 13.0. The van der Waals surface area contributed by atoms with Gasteiger partial charge >= 0.3 is 0 Å². The monoisotopic (exact) mass is 330 g/mol. The first kappa shape index (κ1) is 15.6. The fourth-order valence-electron chi connectivity index (χ4n) is 2.37. The lowest BCUT2D eigenvalue weighted by Crippen LogP contribution is -2.06. The minimum Gasteiger partial charge on any atom is -0.368 e. The van der Waals surface area contributed by atoms with Gasteiger partial charge in [-0.3, -0.25) is 4.68 Å². The summed E-state index contributed by atoms with van der Waals surface area (Å²) in [5, 5.41) is 8.59. The molecule has 23 heavy (non-hydrogen) atoms. The Kier molecular flexibility index (Phi) is 4.62. The van der Waals surface area contributed by atoms with Crippen molar-refractivity contribution < 1.29 is 0 Å². The maximum atomic E-state index is 6.21. The minimum atomic E-state index is 0.244. The van der Waals surface area contributed by atoms with E-state index >= 15 is 0 Å². The third-order valence-corrected chi connectivity index (χ3v) is 3.91. The molecule has 3 aromatic rings. The molecular weight excluding hydrogens is 312 g/mol. The zero-order valence-corrected chi connectivity index (χ0v) is 13.7. The Balaban J connectivity index is 1.91. The topological polar surface area (TPSA) is 81.6 Å². The third kappa shape index (κ3) is 3.53. The number of nitrogens with one attached hydrogen (secondary N) is 1. The summed E-state index contributed by atoms with van der Waals surface area (Å²) in [6, 6.07) is 7.72. The van der Waals surface area contributed by atoms with Crippen LogP contribution in [0, 0.1) is 0 Å². The van der Waals surface area contributed by atoms with Crippen LogP contribution >= 0.6 is 11.6 Å². The first-order valence-corrected chi connectivity index (χ1v) is 8.03. The number of nitrogens with zero attached hydrogens (tertiary/aromatic N) is 4. The molecule has 3 N–H and O–H groups in total. The van der Waals surface area contributed by atoms with Gasteiger partial charge in [0.1, 0.15) is 5.52 Å². The highest BCUT2D eigenvalue weighted by Crippen LogP contribution is 2.21. The molecule has 0 atom stereocenters. The Morgan fingerprint density at radius 1 is 1.26 bits per heavy atom.